The van der Waals surface area contributed by atoms with Crippen LogP contribution in [0.1, 0.15) is 35.7 Å². The average molecular weight is 369 g/mol. The first-order valence-electron chi connectivity index (χ1n) is 9.32. The number of carbonyl (C=O) groups excluding carboxylic acids is 2. The summed E-state index contributed by atoms with van der Waals surface area (Å²) in [7, 11) is 0. The second-order valence-electron chi connectivity index (χ2n) is 7.44. The second kappa shape index (κ2) is 6.40. The highest BCUT2D eigenvalue weighted by Crippen LogP contribution is 2.33. The number of likely N-dealkylation sites (tertiary alicyclic amines) is 1. The number of rotatable bonds is 2. The fourth-order valence-corrected chi connectivity index (χ4v) is 3.97. The van der Waals surface area contributed by atoms with Crippen molar-refractivity contribution in [3.63, 3.8) is 0 Å². The van der Waals surface area contributed by atoms with Gasteiger partial charge in [0.05, 0.1) is 6.54 Å². The molecular weight excluding hydrogens is 346 g/mol. The first-order valence-corrected chi connectivity index (χ1v) is 9.32. The molecule has 3 heterocycles. The Bertz CT molecular complexity index is 973. The van der Waals surface area contributed by atoms with Crippen molar-refractivity contribution in [3.05, 3.63) is 45.7 Å². The Hall–Kier alpha value is -2.83. The SMILES string of the molecule is CCN1CC2(CCN(C(=O)c3c[nH]c4ccc(C)cc4c3=O)CC2)OC1=O. The molecule has 0 atom stereocenters. The number of benzene rings is 1. The molecule has 2 saturated heterocycles. The molecule has 1 spiro atoms. The summed E-state index contributed by atoms with van der Waals surface area (Å²) in [4.78, 5) is 44.0. The molecule has 142 valence electrons. The molecule has 0 unspecified atom stereocenters. The van der Waals surface area contributed by atoms with Crippen LogP contribution in [0.4, 0.5) is 4.79 Å². The van der Waals surface area contributed by atoms with E-state index in [4.69, 9.17) is 4.74 Å². The molecule has 1 aromatic heterocycles. The summed E-state index contributed by atoms with van der Waals surface area (Å²) >= 11 is 0. The van der Waals surface area contributed by atoms with Crippen molar-refractivity contribution in [1.29, 1.82) is 0 Å². The van der Waals surface area contributed by atoms with Gasteiger partial charge in [-0.3, -0.25) is 9.59 Å². The van der Waals surface area contributed by atoms with Crippen LogP contribution in [0.15, 0.2) is 29.2 Å². The number of fused-ring (bicyclic) bond motifs is 1. The number of nitrogens with zero attached hydrogens (tertiary/aromatic N) is 2. The topological polar surface area (TPSA) is 82.7 Å². The fourth-order valence-electron chi connectivity index (χ4n) is 3.97. The zero-order valence-electron chi connectivity index (χ0n) is 15.6. The summed E-state index contributed by atoms with van der Waals surface area (Å²) in [6.45, 7) is 5.96. The van der Waals surface area contributed by atoms with Gasteiger partial charge in [-0.1, -0.05) is 11.6 Å². The molecule has 1 N–H and O–H groups in total. The average Bonchev–Trinajstić information content (AvgIpc) is 2.97. The number of amides is 2. The van der Waals surface area contributed by atoms with Crippen LogP contribution in [-0.2, 0) is 4.74 Å². The summed E-state index contributed by atoms with van der Waals surface area (Å²) in [5, 5.41) is 0.526. The largest absolute Gasteiger partial charge is 0.441 e. The van der Waals surface area contributed by atoms with E-state index in [1.165, 1.54) is 6.20 Å². The monoisotopic (exact) mass is 369 g/mol. The normalized spacial score (nSPS) is 19.0. The van der Waals surface area contributed by atoms with Crippen molar-refractivity contribution in [2.24, 2.45) is 0 Å². The molecule has 2 fully saturated rings. The van der Waals surface area contributed by atoms with Gasteiger partial charge in [-0.2, -0.15) is 0 Å². The number of aryl methyl sites for hydroxylation is 1. The number of nitrogens with one attached hydrogen (secondary N) is 1. The van der Waals surface area contributed by atoms with E-state index in [-0.39, 0.29) is 23.0 Å². The van der Waals surface area contributed by atoms with Crippen LogP contribution in [-0.4, -0.2) is 58.6 Å². The number of aromatic nitrogens is 1. The maximum absolute atomic E-state index is 12.9. The van der Waals surface area contributed by atoms with Gasteiger partial charge in [0, 0.05) is 49.6 Å². The number of hydrogen-bond acceptors (Lipinski definition) is 4. The van der Waals surface area contributed by atoms with Gasteiger partial charge in [0.1, 0.15) is 11.2 Å². The molecule has 27 heavy (non-hydrogen) atoms. The number of hydrogen-bond donors (Lipinski definition) is 1. The quantitative estimate of drug-likeness (QED) is 0.880. The van der Waals surface area contributed by atoms with Gasteiger partial charge < -0.3 is 19.5 Å². The zero-order chi connectivity index (χ0) is 19.2. The van der Waals surface area contributed by atoms with Crippen molar-refractivity contribution >= 4 is 22.9 Å². The lowest BCUT2D eigenvalue weighted by Gasteiger charge is -2.37. The number of piperidine rings is 1. The van der Waals surface area contributed by atoms with Gasteiger partial charge >= 0.3 is 6.09 Å². The van der Waals surface area contributed by atoms with Gasteiger partial charge in [-0.15, -0.1) is 0 Å². The van der Waals surface area contributed by atoms with E-state index in [9.17, 15) is 14.4 Å². The molecular formula is C20H23N3O4. The van der Waals surface area contributed by atoms with Crippen LogP contribution in [0.5, 0.6) is 0 Å². The van der Waals surface area contributed by atoms with Crippen molar-refractivity contribution in [3.8, 4) is 0 Å². The summed E-state index contributed by atoms with van der Waals surface area (Å²) < 4.78 is 5.60. The number of likely N-dealkylation sites (N-methyl/N-ethyl adjacent to an activating group) is 1. The lowest BCUT2D eigenvalue weighted by atomic mass is 9.91. The molecule has 2 amide bonds. The standard InChI is InChI=1S/C20H23N3O4/c1-3-22-12-20(27-19(22)26)6-8-23(9-7-20)18(25)15-11-21-16-5-4-13(2)10-14(16)17(15)24/h4-5,10-11H,3,6-9,12H2,1-2H3,(H,21,24). The highest BCUT2D eigenvalue weighted by Gasteiger charge is 2.47. The molecule has 2 aromatic rings. The molecule has 7 heteroatoms. The van der Waals surface area contributed by atoms with Gasteiger partial charge in [0.15, 0.2) is 0 Å². The highest BCUT2D eigenvalue weighted by atomic mass is 16.6. The number of aromatic amines is 1. The van der Waals surface area contributed by atoms with Crippen LogP contribution < -0.4 is 5.43 Å². The second-order valence-corrected chi connectivity index (χ2v) is 7.44. The first kappa shape index (κ1) is 17.6. The van der Waals surface area contributed by atoms with E-state index in [2.05, 4.69) is 4.98 Å². The third-order valence-electron chi connectivity index (χ3n) is 5.65. The Labute approximate surface area is 156 Å². The molecule has 0 saturated carbocycles. The zero-order valence-corrected chi connectivity index (χ0v) is 15.6. The van der Waals surface area contributed by atoms with E-state index in [0.717, 1.165) is 11.1 Å². The predicted molar refractivity (Wildman–Crippen MR) is 101 cm³/mol. The Morgan fingerprint density at radius 3 is 2.67 bits per heavy atom. The van der Waals surface area contributed by atoms with Crippen LogP contribution in [0.2, 0.25) is 0 Å². The predicted octanol–water partition coefficient (Wildman–Crippen LogP) is 2.28. The maximum Gasteiger partial charge on any atom is 0.410 e. The van der Waals surface area contributed by atoms with E-state index in [1.54, 1.807) is 15.9 Å². The number of pyridine rings is 1. The Morgan fingerprint density at radius 1 is 1.26 bits per heavy atom. The highest BCUT2D eigenvalue weighted by molar-refractivity contribution is 5.97. The lowest BCUT2D eigenvalue weighted by Crippen LogP contribution is -2.49. The minimum Gasteiger partial charge on any atom is -0.441 e. The summed E-state index contributed by atoms with van der Waals surface area (Å²) in [6, 6.07) is 5.57. The smallest absolute Gasteiger partial charge is 0.410 e. The maximum atomic E-state index is 12.9. The Balaban J connectivity index is 1.54. The number of ether oxygens (including phenoxy) is 1. The van der Waals surface area contributed by atoms with Crippen LogP contribution in [0, 0.1) is 6.92 Å². The Morgan fingerprint density at radius 2 is 2.00 bits per heavy atom. The molecule has 0 aliphatic carbocycles. The van der Waals surface area contributed by atoms with Crippen LogP contribution in [0.25, 0.3) is 10.9 Å². The fraction of sp³-hybridized carbons (Fsp3) is 0.450. The molecule has 7 nitrogen and oxygen atoms in total. The minimum absolute atomic E-state index is 0.155. The van der Waals surface area contributed by atoms with E-state index >= 15 is 0 Å². The third kappa shape index (κ3) is 2.97. The summed E-state index contributed by atoms with van der Waals surface area (Å²) in [5.74, 6) is -0.272. The van der Waals surface area contributed by atoms with E-state index in [0.29, 0.717) is 44.4 Å². The summed E-state index contributed by atoms with van der Waals surface area (Å²) in [5.41, 5.74) is 1.10. The minimum atomic E-state index is -0.503. The van der Waals surface area contributed by atoms with Gasteiger partial charge in [0.25, 0.3) is 5.91 Å². The van der Waals surface area contributed by atoms with Crippen molar-refractivity contribution in [2.75, 3.05) is 26.2 Å². The molecule has 1 aromatic carbocycles. The summed E-state index contributed by atoms with van der Waals surface area (Å²) in [6.07, 6.45) is 2.40. The van der Waals surface area contributed by atoms with Gasteiger partial charge in [-0.25, -0.2) is 4.79 Å². The first-order chi connectivity index (χ1) is 12.9. The van der Waals surface area contributed by atoms with Gasteiger partial charge in [-0.05, 0) is 26.0 Å². The van der Waals surface area contributed by atoms with Gasteiger partial charge in [0.2, 0.25) is 5.43 Å². The molecule has 0 radical (unpaired) electrons. The molecule has 2 aliphatic heterocycles. The van der Waals surface area contributed by atoms with Crippen molar-refractivity contribution in [1.82, 2.24) is 14.8 Å². The third-order valence-corrected chi connectivity index (χ3v) is 5.65. The number of carbonyl (C=O) groups is 2. The van der Waals surface area contributed by atoms with Crippen LogP contribution in [0.3, 0.4) is 0 Å². The molecule has 0 bridgehead atoms. The van der Waals surface area contributed by atoms with E-state index < -0.39 is 5.60 Å². The molecule has 4 rings (SSSR count). The Kier molecular flexibility index (Phi) is 4.17. The lowest BCUT2D eigenvalue weighted by molar-refractivity contribution is 0.00310. The van der Waals surface area contributed by atoms with Crippen molar-refractivity contribution < 1.29 is 14.3 Å². The number of H-pyrrole nitrogens is 1. The van der Waals surface area contributed by atoms with Crippen LogP contribution >= 0.6 is 0 Å². The van der Waals surface area contributed by atoms with E-state index in [1.807, 2.05) is 26.0 Å². The van der Waals surface area contributed by atoms with Crippen molar-refractivity contribution in [2.45, 2.75) is 32.3 Å². The molecule has 2 aliphatic rings.